The fourth-order valence-electron chi connectivity index (χ4n) is 4.35. The maximum absolute atomic E-state index is 9.19. The summed E-state index contributed by atoms with van der Waals surface area (Å²) in [6, 6.07) is 12.5. The third kappa shape index (κ3) is 3.12. The molecule has 0 saturated carbocycles. The van der Waals surface area contributed by atoms with Crippen molar-refractivity contribution in [2.24, 2.45) is 5.16 Å². The van der Waals surface area contributed by atoms with Gasteiger partial charge in [-0.1, -0.05) is 23.4 Å². The molecule has 28 heavy (non-hydrogen) atoms. The quantitative estimate of drug-likeness (QED) is 0.530. The highest BCUT2D eigenvalue weighted by atomic mass is 16.4. The first-order valence-corrected chi connectivity index (χ1v) is 9.92. The van der Waals surface area contributed by atoms with Crippen LogP contribution in [0.1, 0.15) is 36.1 Å². The number of aryl methyl sites for hydroxylation is 1. The Hall–Kier alpha value is -2.92. The summed E-state index contributed by atoms with van der Waals surface area (Å²) in [5, 5.41) is 12.6. The molecule has 5 rings (SSSR count). The van der Waals surface area contributed by atoms with Crippen LogP contribution >= 0.6 is 0 Å². The lowest BCUT2D eigenvalue weighted by molar-refractivity contribution is 0.299. The summed E-state index contributed by atoms with van der Waals surface area (Å²) in [5.74, 6) is 1.90. The molecule has 3 aromatic rings. The van der Waals surface area contributed by atoms with E-state index in [0.717, 1.165) is 72.0 Å². The summed E-state index contributed by atoms with van der Waals surface area (Å²) in [6.07, 6.45) is 7.83. The number of aromatic nitrogens is 1. The molecule has 0 spiro atoms. The summed E-state index contributed by atoms with van der Waals surface area (Å²) in [6.45, 7) is 3.13. The van der Waals surface area contributed by atoms with E-state index < -0.39 is 0 Å². The van der Waals surface area contributed by atoms with Crippen molar-refractivity contribution in [2.75, 3.05) is 13.1 Å². The van der Waals surface area contributed by atoms with Crippen molar-refractivity contribution < 1.29 is 9.62 Å². The van der Waals surface area contributed by atoms with Crippen LogP contribution in [-0.2, 0) is 13.0 Å². The molecule has 1 fully saturated rings. The molecular formula is C23H23N3O2. The van der Waals surface area contributed by atoms with E-state index in [-0.39, 0.29) is 0 Å². The molecule has 1 aromatic carbocycles. The predicted octanol–water partition coefficient (Wildman–Crippen LogP) is 4.73. The highest BCUT2D eigenvalue weighted by molar-refractivity contribution is 6.04. The Balaban J connectivity index is 1.57. The maximum atomic E-state index is 9.19. The first-order chi connectivity index (χ1) is 13.8. The van der Waals surface area contributed by atoms with Gasteiger partial charge in [-0.05, 0) is 68.1 Å². The van der Waals surface area contributed by atoms with Crippen molar-refractivity contribution in [3.63, 3.8) is 0 Å². The lowest BCUT2D eigenvalue weighted by atomic mass is 9.98. The molecule has 2 aliphatic rings. The van der Waals surface area contributed by atoms with Crippen LogP contribution in [-0.4, -0.2) is 33.9 Å². The Labute approximate surface area is 164 Å². The van der Waals surface area contributed by atoms with Crippen molar-refractivity contribution in [1.82, 2.24) is 9.88 Å². The van der Waals surface area contributed by atoms with E-state index >= 15 is 0 Å². The molecule has 2 aromatic heterocycles. The van der Waals surface area contributed by atoms with Crippen LogP contribution in [0.25, 0.3) is 22.5 Å². The van der Waals surface area contributed by atoms with Gasteiger partial charge in [0, 0.05) is 29.1 Å². The largest absolute Gasteiger partial charge is 0.459 e. The molecule has 1 N–H and O–H groups in total. The van der Waals surface area contributed by atoms with E-state index in [1.807, 2.05) is 12.1 Å². The molecule has 1 aliphatic carbocycles. The van der Waals surface area contributed by atoms with Gasteiger partial charge in [0.15, 0.2) is 0 Å². The molecule has 1 saturated heterocycles. The lowest BCUT2D eigenvalue weighted by Gasteiger charge is -2.11. The Morgan fingerprint density at radius 2 is 1.79 bits per heavy atom. The molecule has 1 aliphatic heterocycles. The van der Waals surface area contributed by atoms with Gasteiger partial charge in [-0.3, -0.25) is 9.88 Å². The lowest BCUT2D eigenvalue weighted by Crippen LogP contribution is -2.17. The second-order valence-corrected chi connectivity index (χ2v) is 7.59. The zero-order valence-electron chi connectivity index (χ0n) is 15.8. The minimum absolute atomic E-state index is 0.776. The molecule has 0 radical (unpaired) electrons. The number of furan rings is 1. The zero-order chi connectivity index (χ0) is 18.9. The molecule has 0 atom stereocenters. The van der Waals surface area contributed by atoms with Crippen molar-refractivity contribution in [3.8, 4) is 22.5 Å². The fourth-order valence-corrected chi connectivity index (χ4v) is 4.35. The van der Waals surface area contributed by atoms with Crippen molar-refractivity contribution in [3.05, 3.63) is 65.7 Å². The van der Waals surface area contributed by atoms with Gasteiger partial charge < -0.3 is 9.62 Å². The van der Waals surface area contributed by atoms with Gasteiger partial charge in [0.1, 0.15) is 11.5 Å². The second-order valence-electron chi connectivity index (χ2n) is 7.59. The van der Waals surface area contributed by atoms with E-state index in [0.29, 0.717) is 0 Å². The van der Waals surface area contributed by atoms with Gasteiger partial charge >= 0.3 is 0 Å². The minimum atomic E-state index is 0.776. The third-order valence-corrected chi connectivity index (χ3v) is 5.78. The van der Waals surface area contributed by atoms with E-state index in [1.54, 1.807) is 12.4 Å². The Bertz CT molecular complexity index is 1020. The number of fused-ring (bicyclic) bond motifs is 1. The summed E-state index contributed by atoms with van der Waals surface area (Å²) < 4.78 is 6.35. The highest BCUT2D eigenvalue weighted by Crippen LogP contribution is 2.37. The first-order valence-electron chi connectivity index (χ1n) is 9.92. The zero-order valence-corrected chi connectivity index (χ0v) is 15.8. The molecular weight excluding hydrogens is 350 g/mol. The number of benzene rings is 1. The van der Waals surface area contributed by atoms with Crippen LogP contribution in [0, 0.1) is 0 Å². The van der Waals surface area contributed by atoms with Crippen molar-refractivity contribution in [1.29, 1.82) is 0 Å². The summed E-state index contributed by atoms with van der Waals surface area (Å²) >= 11 is 0. The van der Waals surface area contributed by atoms with E-state index in [9.17, 15) is 5.21 Å². The number of hydrogen-bond donors (Lipinski definition) is 1. The Kier molecular flexibility index (Phi) is 4.45. The van der Waals surface area contributed by atoms with Gasteiger partial charge in [0.25, 0.3) is 0 Å². The van der Waals surface area contributed by atoms with Crippen LogP contribution in [0.4, 0.5) is 0 Å². The predicted molar refractivity (Wildman–Crippen MR) is 109 cm³/mol. The number of oxime groups is 1. The standard InChI is InChI=1S/C23H23N3O2/c27-25-22-6-4-17-13-18(3-5-20(17)22)21-14-19(15-26-11-1-2-12-26)28-23(21)16-7-9-24-10-8-16/h3,5,7-10,13-14,27H,1-2,4,6,11-12,15H2/b25-22+. The molecule has 142 valence electrons. The van der Waals surface area contributed by atoms with Crippen LogP contribution in [0.15, 0.2) is 58.4 Å². The SMILES string of the molecule is O/N=C1\CCc2cc(-c3cc(CN4CCCC4)oc3-c3ccncc3)ccc21. The van der Waals surface area contributed by atoms with E-state index in [4.69, 9.17) is 4.42 Å². The third-order valence-electron chi connectivity index (χ3n) is 5.78. The normalized spacial score (nSPS) is 18.1. The van der Waals surface area contributed by atoms with Gasteiger partial charge in [-0.2, -0.15) is 0 Å². The molecule has 0 amide bonds. The van der Waals surface area contributed by atoms with Gasteiger partial charge in [0.2, 0.25) is 0 Å². The first kappa shape index (κ1) is 17.2. The number of nitrogens with zero attached hydrogens (tertiary/aromatic N) is 3. The van der Waals surface area contributed by atoms with Crippen LogP contribution in [0.3, 0.4) is 0 Å². The monoisotopic (exact) mass is 373 g/mol. The molecule has 0 bridgehead atoms. The van der Waals surface area contributed by atoms with Gasteiger partial charge in [0.05, 0.1) is 12.3 Å². The molecule has 0 unspecified atom stereocenters. The minimum Gasteiger partial charge on any atom is -0.459 e. The smallest absolute Gasteiger partial charge is 0.142 e. The second kappa shape index (κ2) is 7.24. The van der Waals surface area contributed by atoms with Gasteiger partial charge in [-0.25, -0.2) is 0 Å². The number of hydrogen-bond acceptors (Lipinski definition) is 5. The Morgan fingerprint density at radius 1 is 0.964 bits per heavy atom. The van der Waals surface area contributed by atoms with Crippen molar-refractivity contribution in [2.45, 2.75) is 32.2 Å². The van der Waals surface area contributed by atoms with Crippen LogP contribution < -0.4 is 0 Å². The highest BCUT2D eigenvalue weighted by Gasteiger charge is 2.22. The van der Waals surface area contributed by atoms with Crippen molar-refractivity contribution >= 4 is 5.71 Å². The number of likely N-dealkylation sites (tertiary alicyclic amines) is 1. The molecule has 3 heterocycles. The molecule has 5 nitrogen and oxygen atoms in total. The topological polar surface area (TPSA) is 61.9 Å². The summed E-state index contributed by atoms with van der Waals surface area (Å²) in [4.78, 5) is 6.59. The van der Waals surface area contributed by atoms with E-state index in [1.165, 1.54) is 18.4 Å². The fraction of sp³-hybridized carbons (Fsp3) is 0.304. The average molecular weight is 373 g/mol. The Morgan fingerprint density at radius 3 is 2.57 bits per heavy atom. The van der Waals surface area contributed by atoms with Crippen LogP contribution in [0.5, 0.6) is 0 Å². The number of rotatable bonds is 4. The number of pyridine rings is 1. The van der Waals surface area contributed by atoms with Crippen LogP contribution in [0.2, 0.25) is 0 Å². The average Bonchev–Trinajstić information content (AvgIpc) is 3.48. The maximum Gasteiger partial charge on any atom is 0.142 e. The van der Waals surface area contributed by atoms with Gasteiger partial charge in [-0.15, -0.1) is 0 Å². The summed E-state index contributed by atoms with van der Waals surface area (Å²) in [5.41, 5.74) is 6.35. The van der Waals surface area contributed by atoms with E-state index in [2.05, 4.69) is 39.3 Å². The molecule has 5 heteroatoms. The summed E-state index contributed by atoms with van der Waals surface area (Å²) in [7, 11) is 0.